The molecule has 2 aliphatic heterocycles. The van der Waals surface area contributed by atoms with Gasteiger partial charge in [0.2, 0.25) is 0 Å². The third kappa shape index (κ3) is 1.89. The molecule has 2 unspecified atom stereocenters. The van der Waals surface area contributed by atoms with E-state index in [0.717, 1.165) is 19.4 Å². The van der Waals surface area contributed by atoms with Gasteiger partial charge in [0.25, 0.3) is 11.8 Å². The molecule has 1 fully saturated rings. The van der Waals surface area contributed by atoms with Crippen molar-refractivity contribution in [3.05, 3.63) is 29.3 Å². The zero-order valence-electron chi connectivity index (χ0n) is 11.8. The molecule has 0 saturated carbocycles. The maximum Gasteiger partial charge on any atom is 0.261 e. The maximum absolute atomic E-state index is 12.5. The highest BCUT2D eigenvalue weighted by molar-refractivity contribution is 6.21. The molecular formula is C15H19N3O2. The molecule has 1 aromatic carbocycles. The van der Waals surface area contributed by atoms with E-state index in [1.807, 2.05) is 0 Å². The van der Waals surface area contributed by atoms with Crippen molar-refractivity contribution in [2.45, 2.75) is 31.8 Å². The van der Waals surface area contributed by atoms with Crippen LogP contribution in [-0.2, 0) is 0 Å². The first-order valence-electron chi connectivity index (χ1n) is 6.96. The van der Waals surface area contributed by atoms with Crippen LogP contribution in [0.5, 0.6) is 0 Å². The number of carbonyl (C=O) groups is 2. The SMILES string of the molecule is CC1CC(N2C(=O)c3ccc(N)cc3C2=O)CCN1C. The Morgan fingerprint density at radius 3 is 2.60 bits per heavy atom. The number of carbonyl (C=O) groups excluding carboxylic acids is 2. The molecule has 3 rings (SSSR count). The van der Waals surface area contributed by atoms with Crippen LogP contribution in [0.15, 0.2) is 18.2 Å². The summed E-state index contributed by atoms with van der Waals surface area (Å²) in [7, 11) is 2.07. The standard InChI is InChI=1S/C15H19N3O2/c1-9-7-11(5-6-17(9)2)18-14(19)12-4-3-10(16)8-13(12)15(18)20/h3-4,8-9,11H,5-7,16H2,1-2H3. The number of imide groups is 1. The first-order valence-corrected chi connectivity index (χ1v) is 6.96. The summed E-state index contributed by atoms with van der Waals surface area (Å²) in [6, 6.07) is 5.31. The molecule has 2 aliphatic rings. The second-order valence-electron chi connectivity index (χ2n) is 5.79. The number of nitrogens with two attached hydrogens (primary N) is 1. The van der Waals surface area contributed by atoms with Gasteiger partial charge in [-0.3, -0.25) is 14.5 Å². The molecule has 2 amide bonds. The van der Waals surface area contributed by atoms with Crippen molar-refractivity contribution in [2.24, 2.45) is 0 Å². The van der Waals surface area contributed by atoms with Crippen molar-refractivity contribution >= 4 is 17.5 Å². The Morgan fingerprint density at radius 2 is 1.90 bits per heavy atom. The van der Waals surface area contributed by atoms with Gasteiger partial charge in [-0.15, -0.1) is 0 Å². The van der Waals surface area contributed by atoms with E-state index in [4.69, 9.17) is 5.73 Å². The van der Waals surface area contributed by atoms with Crippen molar-refractivity contribution in [1.82, 2.24) is 9.80 Å². The summed E-state index contributed by atoms with van der Waals surface area (Å²) in [5.74, 6) is -0.370. The van der Waals surface area contributed by atoms with Gasteiger partial charge >= 0.3 is 0 Å². The van der Waals surface area contributed by atoms with Crippen LogP contribution >= 0.6 is 0 Å². The van der Waals surface area contributed by atoms with Gasteiger partial charge in [-0.25, -0.2) is 0 Å². The van der Waals surface area contributed by atoms with Crippen LogP contribution in [0.2, 0.25) is 0 Å². The third-order valence-electron chi connectivity index (χ3n) is 4.49. The Balaban J connectivity index is 1.90. The van der Waals surface area contributed by atoms with Crippen molar-refractivity contribution in [2.75, 3.05) is 19.3 Å². The fraction of sp³-hybridized carbons (Fsp3) is 0.467. The number of benzene rings is 1. The first kappa shape index (κ1) is 13.1. The van der Waals surface area contributed by atoms with E-state index in [0.29, 0.717) is 22.9 Å². The number of rotatable bonds is 1. The molecule has 20 heavy (non-hydrogen) atoms. The molecule has 1 saturated heterocycles. The monoisotopic (exact) mass is 273 g/mol. The highest BCUT2D eigenvalue weighted by Crippen LogP contribution is 2.30. The highest BCUT2D eigenvalue weighted by Gasteiger charge is 2.41. The minimum atomic E-state index is -0.195. The minimum Gasteiger partial charge on any atom is -0.399 e. The van der Waals surface area contributed by atoms with E-state index in [2.05, 4.69) is 18.9 Å². The normalized spacial score (nSPS) is 27.0. The van der Waals surface area contributed by atoms with Gasteiger partial charge in [-0.2, -0.15) is 0 Å². The molecule has 0 spiro atoms. The summed E-state index contributed by atoms with van der Waals surface area (Å²) < 4.78 is 0. The number of hydrogen-bond acceptors (Lipinski definition) is 4. The van der Waals surface area contributed by atoms with E-state index in [1.54, 1.807) is 18.2 Å². The van der Waals surface area contributed by atoms with Crippen molar-refractivity contribution in [3.8, 4) is 0 Å². The number of hydrogen-bond donors (Lipinski definition) is 1. The fourth-order valence-electron chi connectivity index (χ4n) is 3.11. The van der Waals surface area contributed by atoms with Crippen LogP contribution in [0.25, 0.3) is 0 Å². The predicted molar refractivity (Wildman–Crippen MR) is 76.5 cm³/mol. The summed E-state index contributed by atoms with van der Waals surface area (Å²) in [6.07, 6.45) is 1.67. The molecule has 2 heterocycles. The molecule has 1 aromatic rings. The number of amides is 2. The average molecular weight is 273 g/mol. The van der Waals surface area contributed by atoms with E-state index >= 15 is 0 Å². The molecule has 0 aromatic heterocycles. The van der Waals surface area contributed by atoms with Crippen LogP contribution in [0.3, 0.4) is 0 Å². The third-order valence-corrected chi connectivity index (χ3v) is 4.49. The van der Waals surface area contributed by atoms with Gasteiger partial charge in [0.15, 0.2) is 0 Å². The van der Waals surface area contributed by atoms with Gasteiger partial charge in [-0.05, 0) is 45.0 Å². The number of anilines is 1. The smallest absolute Gasteiger partial charge is 0.261 e. The largest absolute Gasteiger partial charge is 0.399 e. The fourth-order valence-corrected chi connectivity index (χ4v) is 3.11. The topological polar surface area (TPSA) is 66.6 Å². The summed E-state index contributed by atoms with van der Waals surface area (Å²) in [5.41, 5.74) is 7.16. The second kappa shape index (κ2) is 4.59. The van der Waals surface area contributed by atoms with Crippen molar-refractivity contribution < 1.29 is 9.59 Å². The second-order valence-corrected chi connectivity index (χ2v) is 5.79. The Morgan fingerprint density at radius 1 is 1.20 bits per heavy atom. The molecule has 2 atom stereocenters. The van der Waals surface area contributed by atoms with Crippen LogP contribution in [0, 0.1) is 0 Å². The Labute approximate surface area is 118 Å². The summed E-state index contributed by atoms with van der Waals surface area (Å²) in [5, 5.41) is 0. The minimum absolute atomic E-state index is 0.00479. The summed E-state index contributed by atoms with van der Waals surface area (Å²) in [4.78, 5) is 28.6. The predicted octanol–water partition coefficient (Wildman–Crippen LogP) is 1.35. The molecule has 0 bridgehead atoms. The quantitative estimate of drug-likeness (QED) is 0.619. The lowest BCUT2D eigenvalue weighted by Crippen LogP contribution is -2.49. The van der Waals surface area contributed by atoms with Crippen LogP contribution in [0.4, 0.5) is 5.69 Å². The summed E-state index contributed by atoms with van der Waals surface area (Å²) in [6.45, 7) is 3.03. The zero-order valence-corrected chi connectivity index (χ0v) is 11.8. The van der Waals surface area contributed by atoms with E-state index in [-0.39, 0.29) is 17.9 Å². The average Bonchev–Trinajstić information content (AvgIpc) is 2.65. The highest BCUT2D eigenvalue weighted by atomic mass is 16.2. The zero-order chi connectivity index (χ0) is 14.4. The lowest BCUT2D eigenvalue weighted by atomic mass is 9.97. The van der Waals surface area contributed by atoms with Crippen molar-refractivity contribution in [3.63, 3.8) is 0 Å². The number of nitrogens with zero attached hydrogens (tertiary/aromatic N) is 2. The van der Waals surface area contributed by atoms with Gasteiger partial charge < -0.3 is 10.6 Å². The number of likely N-dealkylation sites (tertiary alicyclic amines) is 1. The first-order chi connectivity index (χ1) is 9.49. The van der Waals surface area contributed by atoms with Crippen LogP contribution < -0.4 is 5.73 Å². The van der Waals surface area contributed by atoms with E-state index < -0.39 is 0 Å². The Bertz CT molecular complexity index is 584. The van der Waals surface area contributed by atoms with Crippen molar-refractivity contribution in [1.29, 1.82) is 0 Å². The molecule has 5 heteroatoms. The number of nitrogen functional groups attached to an aromatic ring is 1. The van der Waals surface area contributed by atoms with Gasteiger partial charge in [0.1, 0.15) is 0 Å². The van der Waals surface area contributed by atoms with E-state index in [9.17, 15) is 9.59 Å². The number of fused-ring (bicyclic) bond motifs is 1. The molecule has 2 N–H and O–H groups in total. The van der Waals surface area contributed by atoms with E-state index in [1.165, 1.54) is 4.90 Å². The maximum atomic E-state index is 12.5. The lowest BCUT2D eigenvalue weighted by molar-refractivity contribution is 0.0467. The van der Waals surface area contributed by atoms with Gasteiger partial charge in [0.05, 0.1) is 11.1 Å². The molecule has 5 nitrogen and oxygen atoms in total. The van der Waals surface area contributed by atoms with Crippen LogP contribution in [-0.4, -0.2) is 47.3 Å². The molecular weight excluding hydrogens is 254 g/mol. The van der Waals surface area contributed by atoms with Gasteiger partial charge in [-0.1, -0.05) is 0 Å². The molecule has 0 radical (unpaired) electrons. The van der Waals surface area contributed by atoms with Gasteiger partial charge in [0, 0.05) is 24.3 Å². The molecule has 0 aliphatic carbocycles. The Hall–Kier alpha value is -1.88. The lowest BCUT2D eigenvalue weighted by Gasteiger charge is -2.38. The molecule has 106 valence electrons. The number of piperidine rings is 1. The summed E-state index contributed by atoms with van der Waals surface area (Å²) >= 11 is 0. The Kier molecular flexibility index (Phi) is 3.01. The van der Waals surface area contributed by atoms with Crippen LogP contribution in [0.1, 0.15) is 40.5 Å².